The number of aliphatic hydroxyl groups excluding tert-OH is 1. The molecular weight excluding hydrogens is 256 g/mol. The molecule has 0 bridgehead atoms. The highest BCUT2D eigenvalue weighted by Crippen LogP contribution is 2.27. The van der Waals surface area contributed by atoms with Gasteiger partial charge in [0.15, 0.2) is 0 Å². The minimum Gasteiger partial charge on any atom is -0.390 e. The molecule has 1 aromatic heterocycles. The lowest BCUT2D eigenvalue weighted by atomic mass is 10.0. The smallest absolute Gasteiger partial charge is 0.0957 e. The number of nitrogens with zero attached hydrogens (tertiary/aromatic N) is 1. The zero-order valence-corrected chi connectivity index (χ0v) is 9.87. The summed E-state index contributed by atoms with van der Waals surface area (Å²) < 4.78 is 1.02. The first-order valence-electron chi connectivity index (χ1n) is 4.63. The maximum atomic E-state index is 9.17. The summed E-state index contributed by atoms with van der Waals surface area (Å²) >= 11 is 3.43. The van der Waals surface area contributed by atoms with Gasteiger partial charge >= 0.3 is 0 Å². The monoisotopic (exact) mass is 266 g/mol. The Labute approximate surface area is 96.3 Å². The Kier molecular flexibility index (Phi) is 2.88. The fraction of sp³-hybridized carbons (Fsp3) is 0.182. The number of aromatic nitrogens is 2. The van der Waals surface area contributed by atoms with E-state index < -0.39 is 0 Å². The molecular formula is C11H11BrN2O. The van der Waals surface area contributed by atoms with Crippen LogP contribution in [0.3, 0.4) is 0 Å². The molecule has 0 saturated heterocycles. The van der Waals surface area contributed by atoms with Crippen molar-refractivity contribution in [1.29, 1.82) is 0 Å². The molecule has 0 aliphatic carbocycles. The van der Waals surface area contributed by atoms with Crippen LogP contribution in [-0.2, 0) is 6.61 Å². The number of hydrogen-bond donors (Lipinski definition) is 2. The summed E-state index contributed by atoms with van der Waals surface area (Å²) in [5, 5.41) is 16.1. The van der Waals surface area contributed by atoms with E-state index in [2.05, 4.69) is 26.1 Å². The zero-order valence-electron chi connectivity index (χ0n) is 8.29. The second-order valence-electron chi connectivity index (χ2n) is 3.34. The first-order chi connectivity index (χ1) is 7.22. The van der Waals surface area contributed by atoms with Gasteiger partial charge in [-0.1, -0.05) is 28.1 Å². The summed E-state index contributed by atoms with van der Waals surface area (Å²) in [6.07, 6.45) is 0. The van der Waals surface area contributed by atoms with Gasteiger partial charge in [-0.05, 0) is 24.6 Å². The molecule has 0 radical (unpaired) electrons. The SMILES string of the molecule is Cc1[nH]nc(CO)c1-c1cccc(Br)c1. The van der Waals surface area contributed by atoms with E-state index in [1.165, 1.54) is 0 Å². The summed E-state index contributed by atoms with van der Waals surface area (Å²) in [5.41, 5.74) is 3.70. The predicted octanol–water partition coefficient (Wildman–Crippen LogP) is 2.64. The van der Waals surface area contributed by atoms with Crippen molar-refractivity contribution in [2.24, 2.45) is 0 Å². The Morgan fingerprint density at radius 2 is 2.27 bits per heavy atom. The van der Waals surface area contributed by atoms with Crippen LogP contribution in [0.5, 0.6) is 0 Å². The van der Waals surface area contributed by atoms with Crippen molar-refractivity contribution in [3.05, 3.63) is 40.1 Å². The van der Waals surface area contributed by atoms with Gasteiger partial charge in [0, 0.05) is 15.7 Å². The molecule has 0 aliphatic heterocycles. The van der Waals surface area contributed by atoms with E-state index in [1.807, 2.05) is 31.2 Å². The fourth-order valence-electron chi connectivity index (χ4n) is 1.62. The molecule has 1 aromatic carbocycles. The normalized spacial score (nSPS) is 10.6. The topological polar surface area (TPSA) is 48.9 Å². The standard InChI is InChI=1S/C11H11BrN2O/c1-7-11(10(6-15)14-13-7)8-3-2-4-9(12)5-8/h2-5,15H,6H2,1H3,(H,13,14). The summed E-state index contributed by atoms with van der Waals surface area (Å²) in [5.74, 6) is 0. The Morgan fingerprint density at radius 1 is 1.47 bits per heavy atom. The quantitative estimate of drug-likeness (QED) is 0.878. The van der Waals surface area contributed by atoms with E-state index in [9.17, 15) is 0 Å². The van der Waals surface area contributed by atoms with E-state index >= 15 is 0 Å². The molecule has 2 N–H and O–H groups in total. The van der Waals surface area contributed by atoms with Crippen LogP contribution in [-0.4, -0.2) is 15.3 Å². The molecule has 0 atom stereocenters. The van der Waals surface area contributed by atoms with Gasteiger partial charge in [0.1, 0.15) is 0 Å². The maximum absolute atomic E-state index is 9.17. The number of hydrogen-bond acceptors (Lipinski definition) is 2. The lowest BCUT2D eigenvalue weighted by molar-refractivity contribution is 0.277. The highest BCUT2D eigenvalue weighted by Gasteiger charge is 2.11. The molecule has 0 spiro atoms. The molecule has 3 nitrogen and oxygen atoms in total. The van der Waals surface area contributed by atoms with Crippen molar-refractivity contribution in [3.63, 3.8) is 0 Å². The Bertz CT molecular complexity index is 479. The largest absolute Gasteiger partial charge is 0.390 e. The van der Waals surface area contributed by atoms with Crippen molar-refractivity contribution in [1.82, 2.24) is 10.2 Å². The van der Waals surface area contributed by atoms with Gasteiger partial charge in [-0.2, -0.15) is 5.10 Å². The molecule has 4 heteroatoms. The molecule has 0 aliphatic rings. The van der Waals surface area contributed by atoms with Crippen LogP contribution in [0, 0.1) is 6.92 Å². The third kappa shape index (κ3) is 1.96. The average molecular weight is 267 g/mol. The number of aromatic amines is 1. The summed E-state index contributed by atoms with van der Waals surface area (Å²) in [7, 11) is 0. The number of benzene rings is 1. The van der Waals surface area contributed by atoms with E-state index in [4.69, 9.17) is 5.11 Å². The highest BCUT2D eigenvalue weighted by atomic mass is 79.9. The van der Waals surface area contributed by atoms with E-state index in [-0.39, 0.29) is 6.61 Å². The molecule has 0 unspecified atom stereocenters. The number of H-pyrrole nitrogens is 1. The molecule has 0 fully saturated rings. The van der Waals surface area contributed by atoms with Crippen LogP contribution in [0.2, 0.25) is 0 Å². The van der Waals surface area contributed by atoms with Crippen molar-refractivity contribution >= 4 is 15.9 Å². The maximum Gasteiger partial charge on any atom is 0.0957 e. The van der Waals surface area contributed by atoms with Gasteiger partial charge in [0.2, 0.25) is 0 Å². The average Bonchev–Trinajstić information content (AvgIpc) is 2.59. The van der Waals surface area contributed by atoms with Crippen molar-refractivity contribution in [2.75, 3.05) is 0 Å². The van der Waals surface area contributed by atoms with Gasteiger partial charge < -0.3 is 5.11 Å². The van der Waals surface area contributed by atoms with Crippen LogP contribution in [0.25, 0.3) is 11.1 Å². The molecule has 1 heterocycles. The molecule has 0 saturated carbocycles. The van der Waals surface area contributed by atoms with Crippen LogP contribution >= 0.6 is 15.9 Å². The Balaban J connectivity index is 2.57. The molecule has 2 rings (SSSR count). The third-order valence-corrected chi connectivity index (χ3v) is 2.78. The number of nitrogens with one attached hydrogen (secondary N) is 1. The van der Waals surface area contributed by atoms with Gasteiger partial charge in [0.05, 0.1) is 12.3 Å². The predicted molar refractivity (Wildman–Crippen MR) is 62.4 cm³/mol. The van der Waals surface area contributed by atoms with Gasteiger partial charge in [0.25, 0.3) is 0 Å². The van der Waals surface area contributed by atoms with E-state index in [0.29, 0.717) is 5.69 Å². The number of halogens is 1. The van der Waals surface area contributed by atoms with Crippen molar-refractivity contribution in [2.45, 2.75) is 13.5 Å². The van der Waals surface area contributed by atoms with Crippen molar-refractivity contribution in [3.8, 4) is 11.1 Å². The fourth-order valence-corrected chi connectivity index (χ4v) is 2.02. The number of aliphatic hydroxyl groups is 1. The number of aryl methyl sites for hydroxylation is 1. The van der Waals surface area contributed by atoms with Crippen LogP contribution in [0.1, 0.15) is 11.4 Å². The minimum atomic E-state index is -0.0494. The first kappa shape index (κ1) is 10.4. The van der Waals surface area contributed by atoms with Crippen LogP contribution < -0.4 is 0 Å². The summed E-state index contributed by atoms with van der Waals surface area (Å²) in [4.78, 5) is 0. The van der Waals surface area contributed by atoms with Crippen molar-refractivity contribution < 1.29 is 5.11 Å². The molecule has 15 heavy (non-hydrogen) atoms. The molecule has 0 amide bonds. The number of rotatable bonds is 2. The van der Waals surface area contributed by atoms with Gasteiger partial charge in [-0.15, -0.1) is 0 Å². The highest BCUT2D eigenvalue weighted by molar-refractivity contribution is 9.10. The Morgan fingerprint density at radius 3 is 2.93 bits per heavy atom. The lowest BCUT2D eigenvalue weighted by Gasteiger charge is -2.02. The van der Waals surface area contributed by atoms with Gasteiger partial charge in [-0.25, -0.2) is 0 Å². The minimum absolute atomic E-state index is 0.0494. The summed E-state index contributed by atoms with van der Waals surface area (Å²) in [6.45, 7) is 1.90. The lowest BCUT2D eigenvalue weighted by Crippen LogP contribution is -1.87. The second-order valence-corrected chi connectivity index (χ2v) is 4.25. The first-order valence-corrected chi connectivity index (χ1v) is 5.42. The van der Waals surface area contributed by atoms with E-state index in [1.54, 1.807) is 0 Å². The second kappa shape index (κ2) is 4.16. The van der Waals surface area contributed by atoms with Crippen LogP contribution in [0.4, 0.5) is 0 Å². The van der Waals surface area contributed by atoms with Crippen LogP contribution in [0.15, 0.2) is 28.7 Å². The Hall–Kier alpha value is -1.13. The third-order valence-electron chi connectivity index (χ3n) is 2.29. The molecule has 78 valence electrons. The van der Waals surface area contributed by atoms with Gasteiger partial charge in [-0.3, -0.25) is 5.10 Å². The van der Waals surface area contributed by atoms with E-state index in [0.717, 1.165) is 21.3 Å². The zero-order chi connectivity index (χ0) is 10.8. The molecule has 2 aromatic rings. The summed E-state index contributed by atoms with van der Waals surface area (Å²) in [6, 6.07) is 7.95.